The van der Waals surface area contributed by atoms with Crippen LogP contribution < -0.4 is 10.8 Å². The minimum Gasteiger partial charge on any atom is -0.316 e. The highest BCUT2D eigenvalue weighted by Gasteiger charge is 2.35. The lowest BCUT2D eigenvalue weighted by molar-refractivity contribution is -0.137. The summed E-state index contributed by atoms with van der Waals surface area (Å²) < 4.78 is 0. The molecule has 10 heavy (non-hydrogen) atoms. The largest absolute Gasteiger partial charge is 0.316 e. The van der Waals surface area contributed by atoms with Gasteiger partial charge in [0.05, 0.1) is 5.41 Å². The Morgan fingerprint density at radius 1 is 1.80 bits per heavy atom. The molecular formula is C6H12N2O2. The van der Waals surface area contributed by atoms with Crippen LogP contribution in [0.15, 0.2) is 0 Å². The van der Waals surface area contributed by atoms with Crippen molar-refractivity contribution in [2.75, 3.05) is 13.1 Å². The van der Waals surface area contributed by atoms with Gasteiger partial charge in [-0.1, -0.05) is 0 Å². The average Bonchev–Trinajstić information content (AvgIpc) is 2.36. The summed E-state index contributed by atoms with van der Waals surface area (Å²) in [5, 5.41) is 11.4. The van der Waals surface area contributed by atoms with Crippen LogP contribution in [-0.4, -0.2) is 24.2 Å². The molecule has 0 aromatic heterocycles. The van der Waals surface area contributed by atoms with Crippen molar-refractivity contribution in [3.8, 4) is 0 Å². The van der Waals surface area contributed by atoms with E-state index in [2.05, 4.69) is 5.32 Å². The third kappa shape index (κ3) is 1.12. The van der Waals surface area contributed by atoms with Crippen molar-refractivity contribution in [2.45, 2.75) is 13.3 Å². The number of carbonyl (C=O) groups is 1. The first kappa shape index (κ1) is 7.50. The molecule has 4 heteroatoms. The van der Waals surface area contributed by atoms with Gasteiger partial charge in [0.1, 0.15) is 0 Å². The molecule has 0 radical (unpaired) electrons. The maximum atomic E-state index is 10.9. The Bertz CT molecular complexity index is 141. The van der Waals surface area contributed by atoms with Crippen LogP contribution in [-0.2, 0) is 4.79 Å². The van der Waals surface area contributed by atoms with E-state index in [0.717, 1.165) is 13.0 Å². The molecule has 1 unspecified atom stereocenters. The highest BCUT2D eigenvalue weighted by Crippen LogP contribution is 2.23. The summed E-state index contributed by atoms with van der Waals surface area (Å²) in [7, 11) is 0. The molecule has 1 aliphatic rings. The van der Waals surface area contributed by atoms with E-state index in [0.29, 0.717) is 6.54 Å². The second-order valence-corrected chi connectivity index (χ2v) is 2.93. The summed E-state index contributed by atoms with van der Waals surface area (Å²) >= 11 is 0. The van der Waals surface area contributed by atoms with E-state index >= 15 is 0 Å². The smallest absolute Gasteiger partial charge is 0.250 e. The Labute approximate surface area is 59.6 Å². The van der Waals surface area contributed by atoms with Gasteiger partial charge in [-0.2, -0.15) is 0 Å². The SMILES string of the molecule is CC1(C(=O)NO)CCNC1. The minimum absolute atomic E-state index is 0.294. The Kier molecular flexibility index (Phi) is 1.92. The first-order valence-electron chi connectivity index (χ1n) is 3.34. The van der Waals surface area contributed by atoms with Gasteiger partial charge in [0, 0.05) is 6.54 Å². The zero-order chi connectivity index (χ0) is 7.61. The molecule has 0 spiro atoms. The lowest BCUT2D eigenvalue weighted by atomic mass is 9.89. The molecule has 1 saturated heterocycles. The number of carbonyl (C=O) groups excluding carboxylic acids is 1. The van der Waals surface area contributed by atoms with Crippen LogP contribution in [0.25, 0.3) is 0 Å². The summed E-state index contributed by atoms with van der Waals surface area (Å²) in [6.07, 6.45) is 0.791. The fraction of sp³-hybridized carbons (Fsp3) is 0.833. The van der Waals surface area contributed by atoms with E-state index in [1.165, 1.54) is 0 Å². The van der Waals surface area contributed by atoms with Crippen molar-refractivity contribution in [2.24, 2.45) is 5.41 Å². The van der Waals surface area contributed by atoms with Crippen LogP contribution in [0.4, 0.5) is 0 Å². The second kappa shape index (κ2) is 2.56. The van der Waals surface area contributed by atoms with Gasteiger partial charge in [-0.25, -0.2) is 5.48 Å². The first-order chi connectivity index (χ1) is 4.69. The summed E-state index contributed by atoms with van der Waals surface area (Å²) in [6.45, 7) is 3.34. The molecule has 1 aliphatic heterocycles. The van der Waals surface area contributed by atoms with Gasteiger partial charge < -0.3 is 5.32 Å². The fourth-order valence-corrected chi connectivity index (χ4v) is 1.15. The van der Waals surface area contributed by atoms with Crippen molar-refractivity contribution in [1.82, 2.24) is 10.8 Å². The first-order valence-corrected chi connectivity index (χ1v) is 3.34. The molecule has 4 nitrogen and oxygen atoms in total. The topological polar surface area (TPSA) is 61.4 Å². The zero-order valence-corrected chi connectivity index (χ0v) is 5.98. The van der Waals surface area contributed by atoms with Gasteiger partial charge in [0.25, 0.3) is 5.91 Å². The van der Waals surface area contributed by atoms with Gasteiger partial charge >= 0.3 is 0 Å². The number of hydroxylamine groups is 1. The molecule has 0 bridgehead atoms. The number of hydrogen-bond acceptors (Lipinski definition) is 3. The van der Waals surface area contributed by atoms with Gasteiger partial charge in [-0.05, 0) is 19.9 Å². The van der Waals surface area contributed by atoms with Crippen LogP contribution in [0.3, 0.4) is 0 Å². The van der Waals surface area contributed by atoms with Crippen LogP contribution >= 0.6 is 0 Å². The Morgan fingerprint density at radius 2 is 2.50 bits per heavy atom. The van der Waals surface area contributed by atoms with Gasteiger partial charge in [0.15, 0.2) is 0 Å². The predicted octanol–water partition coefficient (Wildman–Crippen LogP) is -0.509. The number of rotatable bonds is 1. The van der Waals surface area contributed by atoms with E-state index < -0.39 is 5.41 Å². The number of hydrogen-bond donors (Lipinski definition) is 3. The second-order valence-electron chi connectivity index (χ2n) is 2.93. The molecular weight excluding hydrogens is 132 g/mol. The Hall–Kier alpha value is -0.610. The fourth-order valence-electron chi connectivity index (χ4n) is 1.15. The molecule has 1 atom stereocenters. The van der Waals surface area contributed by atoms with Crippen molar-refractivity contribution in [3.63, 3.8) is 0 Å². The molecule has 58 valence electrons. The molecule has 0 aromatic rings. The van der Waals surface area contributed by atoms with Crippen molar-refractivity contribution in [1.29, 1.82) is 0 Å². The highest BCUT2D eigenvalue weighted by atomic mass is 16.5. The summed E-state index contributed by atoms with van der Waals surface area (Å²) in [5.41, 5.74) is 1.26. The molecule has 1 heterocycles. The lowest BCUT2D eigenvalue weighted by Crippen LogP contribution is -2.38. The van der Waals surface area contributed by atoms with E-state index in [1.807, 2.05) is 6.92 Å². The molecule has 0 aromatic carbocycles. The maximum absolute atomic E-state index is 10.9. The Morgan fingerprint density at radius 3 is 2.90 bits per heavy atom. The molecule has 3 N–H and O–H groups in total. The lowest BCUT2D eigenvalue weighted by Gasteiger charge is -2.18. The number of amides is 1. The van der Waals surface area contributed by atoms with E-state index in [4.69, 9.17) is 5.21 Å². The molecule has 0 aliphatic carbocycles. The van der Waals surface area contributed by atoms with Gasteiger partial charge in [-0.3, -0.25) is 10.0 Å². The van der Waals surface area contributed by atoms with Crippen LogP contribution in [0, 0.1) is 5.41 Å². The molecule has 1 rings (SSSR count). The van der Waals surface area contributed by atoms with Crippen molar-refractivity contribution >= 4 is 5.91 Å². The molecule has 1 fully saturated rings. The van der Waals surface area contributed by atoms with Crippen LogP contribution in [0.5, 0.6) is 0 Å². The van der Waals surface area contributed by atoms with E-state index in [9.17, 15) is 4.79 Å². The third-order valence-corrected chi connectivity index (χ3v) is 2.02. The average molecular weight is 144 g/mol. The predicted molar refractivity (Wildman–Crippen MR) is 35.5 cm³/mol. The number of nitrogens with one attached hydrogen (secondary N) is 2. The quantitative estimate of drug-likeness (QED) is 0.343. The van der Waals surface area contributed by atoms with E-state index in [-0.39, 0.29) is 5.91 Å². The molecule has 1 amide bonds. The van der Waals surface area contributed by atoms with E-state index in [1.54, 1.807) is 5.48 Å². The Balaban J connectivity index is 2.58. The standard InChI is InChI=1S/C6H12N2O2/c1-6(5(9)8-10)2-3-7-4-6/h7,10H,2-4H2,1H3,(H,8,9). The monoisotopic (exact) mass is 144 g/mol. The summed E-state index contributed by atoms with van der Waals surface area (Å²) in [4.78, 5) is 10.9. The minimum atomic E-state index is -0.408. The summed E-state index contributed by atoms with van der Waals surface area (Å²) in [5.74, 6) is -0.294. The summed E-state index contributed by atoms with van der Waals surface area (Å²) in [6, 6.07) is 0. The van der Waals surface area contributed by atoms with Gasteiger partial charge in [-0.15, -0.1) is 0 Å². The van der Waals surface area contributed by atoms with Crippen molar-refractivity contribution < 1.29 is 10.0 Å². The third-order valence-electron chi connectivity index (χ3n) is 2.02. The van der Waals surface area contributed by atoms with Crippen LogP contribution in [0.1, 0.15) is 13.3 Å². The maximum Gasteiger partial charge on any atom is 0.250 e. The highest BCUT2D eigenvalue weighted by molar-refractivity contribution is 5.81. The van der Waals surface area contributed by atoms with Gasteiger partial charge in [0.2, 0.25) is 0 Å². The zero-order valence-electron chi connectivity index (χ0n) is 5.98. The normalized spacial score (nSPS) is 32.2. The van der Waals surface area contributed by atoms with Crippen molar-refractivity contribution in [3.05, 3.63) is 0 Å². The van der Waals surface area contributed by atoms with Crippen LogP contribution in [0.2, 0.25) is 0 Å². The molecule has 0 saturated carbocycles.